The smallest absolute Gasteiger partial charge is 0.342 e. The summed E-state index contributed by atoms with van der Waals surface area (Å²) >= 11 is 0. The molecule has 1 amide bonds. The van der Waals surface area contributed by atoms with Gasteiger partial charge in [-0.25, -0.2) is 4.79 Å². The van der Waals surface area contributed by atoms with Gasteiger partial charge in [0.1, 0.15) is 18.3 Å². The number of ether oxygens (including phenoxy) is 1. The number of aliphatic carboxylic acids is 1. The predicted octanol–water partition coefficient (Wildman–Crippen LogP) is -2.55. The maximum Gasteiger partial charge on any atom is 0.342 e. The van der Waals surface area contributed by atoms with Gasteiger partial charge in [0, 0.05) is 19.6 Å². The van der Waals surface area contributed by atoms with Crippen molar-refractivity contribution in [2.24, 2.45) is 5.11 Å². The first-order valence-electron chi connectivity index (χ1n) is 7.14. The second kappa shape index (κ2) is 7.55. The lowest BCUT2D eigenvalue weighted by Gasteiger charge is -2.45. The van der Waals surface area contributed by atoms with Crippen molar-refractivity contribution in [3.63, 3.8) is 0 Å². The fourth-order valence-electron chi connectivity index (χ4n) is 2.27. The van der Waals surface area contributed by atoms with Crippen molar-refractivity contribution in [1.82, 2.24) is 5.32 Å². The Labute approximate surface area is 131 Å². The van der Waals surface area contributed by atoms with Gasteiger partial charge in [-0.05, 0) is 10.6 Å². The number of rotatable bonds is 6. The van der Waals surface area contributed by atoms with Crippen LogP contribution in [-0.4, -0.2) is 80.2 Å². The van der Waals surface area contributed by atoms with Gasteiger partial charge in [-0.2, -0.15) is 0 Å². The van der Waals surface area contributed by atoms with E-state index in [1.807, 2.05) is 0 Å². The Morgan fingerprint density at radius 3 is 2.74 bits per heavy atom. The van der Waals surface area contributed by atoms with Gasteiger partial charge in [-0.1, -0.05) is 0 Å². The van der Waals surface area contributed by atoms with Gasteiger partial charge in [0.25, 0.3) is 0 Å². The lowest BCUT2D eigenvalue weighted by Crippen LogP contribution is -2.66. The van der Waals surface area contributed by atoms with Crippen molar-refractivity contribution in [1.29, 1.82) is 0 Å². The van der Waals surface area contributed by atoms with Crippen molar-refractivity contribution >= 4 is 11.9 Å². The fourth-order valence-corrected chi connectivity index (χ4v) is 2.27. The van der Waals surface area contributed by atoms with Gasteiger partial charge < -0.3 is 35.6 Å². The molecule has 1 aliphatic heterocycles. The number of hydrogen-bond donors (Lipinski definition) is 6. The monoisotopic (exact) mass is 335 g/mol. The molecule has 0 aliphatic carbocycles. The molecule has 1 aliphatic rings. The molecule has 12 heteroatoms. The molecule has 6 N–H and O–H groups in total. The molecule has 0 aromatic carbocycles. The summed E-state index contributed by atoms with van der Waals surface area (Å²) in [6, 6.07) is -1.40. The van der Waals surface area contributed by atoms with Crippen LogP contribution in [0.3, 0.4) is 0 Å². The first kappa shape index (κ1) is 17.4. The molecule has 0 saturated carbocycles. The van der Waals surface area contributed by atoms with Crippen LogP contribution in [0.5, 0.6) is 0 Å². The highest BCUT2D eigenvalue weighted by atomic mass is 16.6. The lowest BCUT2D eigenvalue weighted by molar-refractivity contribution is -0.227. The SMILES string of the molecule is [2H]CC(=O)N[C@H]1[C@H]([C@H](O)[C@H](O)CO)OC(N=[N+]=[N-])(C(=O)O)C[C@@H]1O. The molecule has 130 valence electrons. The number of nitrogens with zero attached hydrogens (tertiary/aromatic N) is 3. The van der Waals surface area contributed by atoms with E-state index in [4.69, 9.17) is 16.7 Å². The maximum absolute atomic E-state index is 11.4. The minimum absolute atomic E-state index is 0.713. The number of nitrogens with one attached hydrogen (secondary N) is 1. The van der Waals surface area contributed by atoms with E-state index in [0.29, 0.717) is 0 Å². The zero-order chi connectivity index (χ0) is 18.5. The van der Waals surface area contributed by atoms with Crippen LogP contribution in [-0.2, 0) is 14.3 Å². The van der Waals surface area contributed by atoms with Crippen molar-refractivity contribution in [3.8, 4) is 0 Å². The molecular formula is C11H18N4O8. The maximum atomic E-state index is 11.4. The van der Waals surface area contributed by atoms with Crippen molar-refractivity contribution in [2.75, 3.05) is 6.61 Å². The second-order valence-corrected chi connectivity index (χ2v) is 4.97. The predicted molar refractivity (Wildman–Crippen MR) is 71.7 cm³/mol. The first-order valence-corrected chi connectivity index (χ1v) is 6.43. The van der Waals surface area contributed by atoms with E-state index in [1.165, 1.54) is 0 Å². The zero-order valence-electron chi connectivity index (χ0n) is 12.8. The number of carboxylic acid groups (broad SMARTS) is 1. The van der Waals surface area contributed by atoms with E-state index >= 15 is 0 Å². The first-order chi connectivity index (χ1) is 11.2. The summed E-state index contributed by atoms with van der Waals surface area (Å²) < 4.78 is 12.1. The standard InChI is InChI=1S/C11H18N4O8/c1-4(17)13-7-5(18)2-11(10(21)22,14-15-12)23-9(7)8(20)6(19)3-16/h5-9,16,18-20H,2-3H2,1H3,(H,13,17)(H,21,22)/t5-,6+,7+,8+,9+,11?/m0/s1/i1D. The van der Waals surface area contributed by atoms with Gasteiger partial charge >= 0.3 is 5.97 Å². The highest BCUT2D eigenvalue weighted by Crippen LogP contribution is 2.33. The summed E-state index contributed by atoms with van der Waals surface area (Å²) in [6.07, 6.45) is -7.82. The number of hydrogen-bond acceptors (Lipinski definition) is 8. The number of amides is 1. The molecule has 23 heavy (non-hydrogen) atoms. The van der Waals surface area contributed by atoms with E-state index in [9.17, 15) is 30.0 Å². The van der Waals surface area contributed by atoms with E-state index in [2.05, 4.69) is 15.3 Å². The van der Waals surface area contributed by atoms with Crippen LogP contribution in [0.2, 0.25) is 0 Å². The van der Waals surface area contributed by atoms with Gasteiger partial charge in [0.2, 0.25) is 11.6 Å². The van der Waals surface area contributed by atoms with E-state index in [-0.39, 0.29) is 0 Å². The Morgan fingerprint density at radius 1 is 1.61 bits per heavy atom. The molecule has 6 atom stereocenters. The van der Waals surface area contributed by atoms with Crippen molar-refractivity contribution in [3.05, 3.63) is 10.4 Å². The van der Waals surface area contributed by atoms with Gasteiger partial charge in [0.05, 0.1) is 18.8 Å². The van der Waals surface area contributed by atoms with Crippen LogP contribution >= 0.6 is 0 Å². The van der Waals surface area contributed by atoms with E-state index in [0.717, 1.165) is 0 Å². The average Bonchev–Trinajstić information content (AvgIpc) is 2.55. The summed E-state index contributed by atoms with van der Waals surface area (Å²) in [7, 11) is 0. The topological polar surface area (TPSA) is 205 Å². The third-order valence-electron chi connectivity index (χ3n) is 3.37. The molecule has 1 unspecified atom stereocenters. The molecule has 0 aromatic rings. The molecule has 0 bridgehead atoms. The van der Waals surface area contributed by atoms with Crippen LogP contribution in [0.15, 0.2) is 5.11 Å². The van der Waals surface area contributed by atoms with Crippen LogP contribution < -0.4 is 5.32 Å². The quantitative estimate of drug-likeness (QED) is 0.172. The Morgan fingerprint density at radius 2 is 2.26 bits per heavy atom. The summed E-state index contributed by atoms with van der Waals surface area (Å²) in [4.78, 5) is 25.1. The van der Waals surface area contributed by atoms with E-state index in [1.54, 1.807) is 0 Å². The Balaban J connectivity index is 3.25. The number of carboxylic acids is 1. The summed E-state index contributed by atoms with van der Waals surface area (Å²) in [5.41, 5.74) is 5.96. The molecule has 1 rings (SSSR count). The number of carbonyl (C=O) groups excluding carboxylic acids is 1. The second-order valence-electron chi connectivity index (χ2n) is 4.97. The summed E-state index contributed by atoms with van der Waals surface area (Å²) in [5.74, 6) is -2.61. The minimum Gasteiger partial charge on any atom is -0.479 e. The van der Waals surface area contributed by atoms with Gasteiger partial charge in [0.15, 0.2) is 0 Å². The highest BCUT2D eigenvalue weighted by Gasteiger charge is 2.54. The zero-order valence-corrected chi connectivity index (χ0v) is 11.8. The fraction of sp³-hybridized carbons (Fsp3) is 0.818. The Kier molecular flexibility index (Phi) is 5.71. The molecule has 1 fully saturated rings. The highest BCUT2D eigenvalue weighted by molar-refractivity contribution is 5.78. The molecule has 12 nitrogen and oxygen atoms in total. The number of aliphatic hydroxyl groups is 4. The number of azide groups is 1. The summed E-state index contributed by atoms with van der Waals surface area (Å²) in [6.45, 7) is -1.63. The number of carbonyl (C=O) groups is 2. The largest absolute Gasteiger partial charge is 0.479 e. The molecule has 1 saturated heterocycles. The molecule has 0 spiro atoms. The Bertz CT molecular complexity index is 526. The van der Waals surface area contributed by atoms with Gasteiger partial charge in [-0.15, -0.1) is 0 Å². The molecule has 1 heterocycles. The van der Waals surface area contributed by atoms with Crippen molar-refractivity contribution in [2.45, 2.75) is 49.5 Å². The van der Waals surface area contributed by atoms with Crippen LogP contribution in [0.25, 0.3) is 10.4 Å². The minimum atomic E-state index is -2.57. The number of aliphatic hydroxyl groups excluding tert-OH is 4. The third-order valence-corrected chi connectivity index (χ3v) is 3.37. The average molecular weight is 335 g/mol. The molecule has 0 aromatic heterocycles. The van der Waals surface area contributed by atoms with Gasteiger partial charge in [-0.3, -0.25) is 4.79 Å². The van der Waals surface area contributed by atoms with Crippen LogP contribution in [0.1, 0.15) is 14.7 Å². The molecular weight excluding hydrogens is 316 g/mol. The normalized spacial score (nSPS) is 33.7. The van der Waals surface area contributed by atoms with Crippen molar-refractivity contribution < 1.29 is 41.2 Å². The lowest BCUT2D eigenvalue weighted by atomic mass is 9.87. The van der Waals surface area contributed by atoms with E-state index < -0.39 is 68.0 Å². The molecule has 0 radical (unpaired) electrons. The van der Waals surface area contributed by atoms with Crippen LogP contribution in [0.4, 0.5) is 0 Å². The Hall–Kier alpha value is -1.95. The third kappa shape index (κ3) is 4.07. The van der Waals surface area contributed by atoms with Crippen LogP contribution in [0, 0.1) is 0 Å². The summed E-state index contributed by atoms with van der Waals surface area (Å²) in [5, 5.41) is 53.0.